The monoisotopic (exact) mass is 454 g/mol. The number of carbonyl (C=O) groups is 1. The molecule has 3 rings (SSSR count). The fourth-order valence-corrected chi connectivity index (χ4v) is 3.83. The summed E-state index contributed by atoms with van der Waals surface area (Å²) in [5, 5.41) is 0. The molecule has 9 heteroatoms. The van der Waals surface area contributed by atoms with E-state index in [4.69, 9.17) is 14.9 Å². The van der Waals surface area contributed by atoms with E-state index in [-0.39, 0.29) is 24.7 Å². The predicted octanol–water partition coefficient (Wildman–Crippen LogP) is 3.05. The molecule has 3 aromatic rings. The normalized spacial score (nSPS) is 10.9. The number of aromatic amines is 1. The van der Waals surface area contributed by atoms with Gasteiger partial charge in [0.2, 0.25) is 0 Å². The van der Waals surface area contributed by atoms with Gasteiger partial charge in [-0.05, 0) is 50.5 Å². The van der Waals surface area contributed by atoms with Crippen molar-refractivity contribution in [3.05, 3.63) is 73.8 Å². The van der Waals surface area contributed by atoms with Crippen LogP contribution in [0, 0.1) is 20.8 Å². The molecule has 0 aliphatic heterocycles. The summed E-state index contributed by atoms with van der Waals surface area (Å²) in [5.74, 6) is 0.501. The van der Waals surface area contributed by atoms with Gasteiger partial charge in [0.15, 0.2) is 12.3 Å². The Kier molecular flexibility index (Phi) is 7.42. The first-order valence-corrected chi connectivity index (χ1v) is 10.9. The van der Waals surface area contributed by atoms with Crippen molar-refractivity contribution in [2.45, 2.75) is 53.6 Å². The van der Waals surface area contributed by atoms with Crippen LogP contribution in [-0.4, -0.2) is 22.1 Å². The number of hydrogen-bond donors (Lipinski definition) is 2. The smallest absolute Gasteiger partial charge is 0.330 e. The molecule has 0 atom stereocenters. The quantitative estimate of drug-likeness (QED) is 0.512. The van der Waals surface area contributed by atoms with Crippen LogP contribution in [0.4, 0.5) is 11.5 Å². The Bertz CT molecular complexity index is 1220. The first kappa shape index (κ1) is 23.9. The molecule has 1 aromatic carbocycles. The number of aryl methyl sites for hydroxylation is 3. The predicted molar refractivity (Wildman–Crippen MR) is 127 cm³/mol. The second-order valence-corrected chi connectivity index (χ2v) is 8.07. The van der Waals surface area contributed by atoms with Crippen LogP contribution in [0.5, 0.6) is 5.75 Å². The van der Waals surface area contributed by atoms with Crippen molar-refractivity contribution in [3.8, 4) is 5.75 Å². The zero-order valence-electron chi connectivity index (χ0n) is 19.4. The lowest BCUT2D eigenvalue weighted by atomic mass is 10.1. The van der Waals surface area contributed by atoms with Crippen molar-refractivity contribution in [1.82, 2.24) is 9.55 Å². The van der Waals surface area contributed by atoms with E-state index < -0.39 is 17.2 Å². The lowest BCUT2D eigenvalue weighted by molar-refractivity contribution is -0.120. The Balaban J connectivity index is 1.98. The number of anilines is 2. The lowest BCUT2D eigenvalue weighted by Gasteiger charge is -2.24. The number of ether oxygens (including phenoxy) is 1. The topological polar surface area (TPSA) is 124 Å². The highest BCUT2D eigenvalue weighted by atomic mass is 16.5. The number of carbonyl (C=O) groups excluding carboxylic acids is 1. The number of nitrogens with one attached hydrogen (secondary N) is 1. The summed E-state index contributed by atoms with van der Waals surface area (Å²) in [6.45, 7) is 7.75. The minimum absolute atomic E-state index is 0.0414. The highest BCUT2D eigenvalue weighted by Gasteiger charge is 2.26. The van der Waals surface area contributed by atoms with Crippen LogP contribution in [0.25, 0.3) is 0 Å². The number of furan rings is 1. The van der Waals surface area contributed by atoms with Crippen molar-refractivity contribution in [3.63, 3.8) is 0 Å². The first-order valence-electron chi connectivity index (χ1n) is 10.9. The summed E-state index contributed by atoms with van der Waals surface area (Å²) in [4.78, 5) is 41.9. The molecule has 0 aliphatic rings. The number of hydrogen-bond acceptors (Lipinski definition) is 6. The van der Waals surface area contributed by atoms with E-state index in [0.717, 1.165) is 23.1 Å². The molecule has 0 aliphatic carbocycles. The maximum atomic E-state index is 13.3. The molecule has 0 fully saturated rings. The van der Waals surface area contributed by atoms with Crippen molar-refractivity contribution in [2.24, 2.45) is 0 Å². The molecule has 0 bridgehead atoms. The van der Waals surface area contributed by atoms with Crippen LogP contribution in [-0.2, 0) is 17.9 Å². The SMILES string of the molecule is CCCCn1c(N)c(N(Cc2ccco2)C(=O)COc2c(C)cc(C)cc2C)c(=O)[nH]c1=O. The van der Waals surface area contributed by atoms with Crippen LogP contribution < -0.4 is 26.6 Å². The lowest BCUT2D eigenvalue weighted by Crippen LogP contribution is -2.42. The second kappa shape index (κ2) is 10.2. The summed E-state index contributed by atoms with van der Waals surface area (Å²) >= 11 is 0. The van der Waals surface area contributed by atoms with E-state index in [2.05, 4.69) is 4.98 Å². The summed E-state index contributed by atoms with van der Waals surface area (Å²) in [7, 11) is 0. The van der Waals surface area contributed by atoms with Gasteiger partial charge in [-0.1, -0.05) is 31.0 Å². The molecule has 176 valence electrons. The van der Waals surface area contributed by atoms with Gasteiger partial charge in [-0.3, -0.25) is 24.0 Å². The fraction of sp³-hybridized carbons (Fsp3) is 0.375. The number of nitrogen functional groups attached to an aromatic ring is 1. The van der Waals surface area contributed by atoms with Gasteiger partial charge in [0, 0.05) is 6.54 Å². The fourth-order valence-electron chi connectivity index (χ4n) is 3.83. The Morgan fingerprint density at radius 2 is 1.91 bits per heavy atom. The minimum atomic E-state index is -0.743. The summed E-state index contributed by atoms with van der Waals surface area (Å²) in [6.07, 6.45) is 3.00. The number of benzene rings is 1. The number of H-pyrrole nitrogens is 1. The Hall–Kier alpha value is -3.75. The zero-order valence-corrected chi connectivity index (χ0v) is 19.4. The Labute approximate surface area is 191 Å². The van der Waals surface area contributed by atoms with Crippen LogP contribution >= 0.6 is 0 Å². The highest BCUT2D eigenvalue weighted by Crippen LogP contribution is 2.25. The summed E-state index contributed by atoms with van der Waals surface area (Å²) in [5.41, 5.74) is 7.69. The van der Waals surface area contributed by atoms with Gasteiger partial charge in [-0.2, -0.15) is 0 Å². The number of amides is 1. The number of nitrogens with two attached hydrogens (primary N) is 1. The molecular weight excluding hydrogens is 424 g/mol. The van der Waals surface area contributed by atoms with Crippen molar-refractivity contribution in [1.29, 1.82) is 0 Å². The van der Waals surface area contributed by atoms with E-state index in [1.165, 1.54) is 15.7 Å². The Morgan fingerprint density at radius 3 is 2.52 bits per heavy atom. The molecule has 1 amide bonds. The van der Waals surface area contributed by atoms with Gasteiger partial charge in [-0.25, -0.2) is 4.79 Å². The van der Waals surface area contributed by atoms with Crippen LogP contribution in [0.3, 0.4) is 0 Å². The van der Waals surface area contributed by atoms with Crippen molar-refractivity contribution in [2.75, 3.05) is 17.2 Å². The molecule has 0 unspecified atom stereocenters. The van der Waals surface area contributed by atoms with E-state index in [1.54, 1.807) is 12.1 Å². The third kappa shape index (κ3) is 5.36. The van der Waals surface area contributed by atoms with E-state index in [9.17, 15) is 14.4 Å². The van der Waals surface area contributed by atoms with Crippen LogP contribution in [0.2, 0.25) is 0 Å². The second-order valence-electron chi connectivity index (χ2n) is 8.07. The van der Waals surface area contributed by atoms with Gasteiger partial charge < -0.3 is 14.9 Å². The molecule has 0 saturated carbocycles. The van der Waals surface area contributed by atoms with Gasteiger partial charge >= 0.3 is 5.69 Å². The Morgan fingerprint density at radius 1 is 1.21 bits per heavy atom. The molecule has 3 N–H and O–H groups in total. The van der Waals surface area contributed by atoms with E-state index >= 15 is 0 Å². The first-order chi connectivity index (χ1) is 15.7. The minimum Gasteiger partial charge on any atom is -0.483 e. The van der Waals surface area contributed by atoms with Gasteiger partial charge in [0.1, 0.15) is 17.3 Å². The molecule has 2 heterocycles. The number of aromatic nitrogens is 2. The van der Waals surface area contributed by atoms with Crippen molar-refractivity contribution < 1.29 is 13.9 Å². The average molecular weight is 455 g/mol. The number of unbranched alkanes of at least 4 members (excludes halogenated alkanes) is 1. The third-order valence-corrected chi connectivity index (χ3v) is 5.36. The molecule has 2 aromatic heterocycles. The van der Waals surface area contributed by atoms with Crippen LogP contribution in [0.1, 0.15) is 42.2 Å². The largest absolute Gasteiger partial charge is 0.483 e. The average Bonchev–Trinajstić information content (AvgIpc) is 3.25. The van der Waals surface area contributed by atoms with Gasteiger partial charge in [0.25, 0.3) is 11.5 Å². The standard InChI is InChI=1S/C24H30N4O5/c1-5-6-9-27-22(25)20(23(30)26-24(27)31)28(13-18-8-7-10-32-18)19(29)14-33-21-16(3)11-15(2)12-17(21)4/h7-8,10-12H,5-6,9,13-14,25H2,1-4H3,(H,26,30,31). The van der Waals surface area contributed by atoms with Crippen LogP contribution in [0.15, 0.2) is 44.5 Å². The summed E-state index contributed by atoms with van der Waals surface area (Å²) < 4.78 is 12.5. The maximum absolute atomic E-state index is 13.3. The molecule has 33 heavy (non-hydrogen) atoms. The molecule has 0 saturated heterocycles. The van der Waals surface area contributed by atoms with E-state index in [1.807, 2.05) is 39.8 Å². The molecule has 0 radical (unpaired) electrons. The van der Waals surface area contributed by atoms with Crippen molar-refractivity contribution >= 4 is 17.4 Å². The van der Waals surface area contributed by atoms with Gasteiger partial charge in [-0.15, -0.1) is 0 Å². The zero-order chi connectivity index (χ0) is 24.1. The highest BCUT2D eigenvalue weighted by molar-refractivity contribution is 5.96. The summed E-state index contributed by atoms with van der Waals surface area (Å²) in [6, 6.07) is 7.32. The molecule has 0 spiro atoms. The number of nitrogens with zero attached hydrogens (tertiary/aromatic N) is 2. The number of rotatable bonds is 9. The molecule has 9 nitrogen and oxygen atoms in total. The molecular formula is C24H30N4O5. The maximum Gasteiger partial charge on any atom is 0.330 e. The van der Waals surface area contributed by atoms with Gasteiger partial charge in [0.05, 0.1) is 12.8 Å². The van der Waals surface area contributed by atoms with E-state index in [0.29, 0.717) is 24.5 Å². The third-order valence-electron chi connectivity index (χ3n) is 5.36.